The standard InChI is InChI=1S/C14H17N3O3S/c1-14(13(19)20)3-5-17(6-4-14)8-10-15-9-2-7-21-11(9)12(18)16-10/h2,7H,3-6,8H2,1H3,(H,19,20)(H,15,16,18). The summed E-state index contributed by atoms with van der Waals surface area (Å²) in [6.45, 7) is 3.75. The Morgan fingerprint density at radius 2 is 2.24 bits per heavy atom. The highest BCUT2D eigenvalue weighted by Crippen LogP contribution is 2.31. The lowest BCUT2D eigenvalue weighted by Gasteiger charge is -2.36. The molecule has 1 aliphatic heterocycles. The van der Waals surface area contributed by atoms with Gasteiger partial charge in [-0.1, -0.05) is 0 Å². The maximum absolute atomic E-state index is 11.9. The molecule has 2 aromatic heterocycles. The van der Waals surface area contributed by atoms with E-state index in [9.17, 15) is 14.7 Å². The Hall–Kier alpha value is -1.73. The number of thiophene rings is 1. The largest absolute Gasteiger partial charge is 0.481 e. The van der Waals surface area contributed by atoms with E-state index in [2.05, 4.69) is 14.9 Å². The summed E-state index contributed by atoms with van der Waals surface area (Å²) in [6.07, 6.45) is 1.24. The molecular formula is C14H17N3O3S. The van der Waals surface area contributed by atoms with Crippen molar-refractivity contribution in [3.05, 3.63) is 27.6 Å². The molecule has 0 radical (unpaired) electrons. The van der Waals surface area contributed by atoms with Gasteiger partial charge in [0.25, 0.3) is 5.56 Å². The summed E-state index contributed by atoms with van der Waals surface area (Å²) in [6, 6.07) is 1.84. The summed E-state index contributed by atoms with van der Waals surface area (Å²) >= 11 is 1.39. The van der Waals surface area contributed by atoms with Gasteiger partial charge in [0.1, 0.15) is 10.5 Å². The van der Waals surface area contributed by atoms with Crippen LogP contribution in [0.1, 0.15) is 25.6 Å². The molecule has 7 heteroatoms. The fourth-order valence-electron chi connectivity index (χ4n) is 2.63. The van der Waals surface area contributed by atoms with Crippen molar-refractivity contribution in [2.45, 2.75) is 26.3 Å². The lowest BCUT2D eigenvalue weighted by Crippen LogP contribution is -2.42. The first-order chi connectivity index (χ1) is 9.98. The van der Waals surface area contributed by atoms with Gasteiger partial charge in [-0.25, -0.2) is 4.98 Å². The van der Waals surface area contributed by atoms with E-state index < -0.39 is 11.4 Å². The number of likely N-dealkylation sites (tertiary alicyclic amines) is 1. The first kappa shape index (κ1) is 14.2. The number of fused-ring (bicyclic) bond motifs is 1. The van der Waals surface area contributed by atoms with E-state index >= 15 is 0 Å². The van der Waals surface area contributed by atoms with Crippen molar-refractivity contribution in [2.24, 2.45) is 5.41 Å². The van der Waals surface area contributed by atoms with Crippen molar-refractivity contribution < 1.29 is 9.90 Å². The Morgan fingerprint density at radius 3 is 2.90 bits per heavy atom. The number of hydrogen-bond donors (Lipinski definition) is 2. The highest BCUT2D eigenvalue weighted by Gasteiger charge is 2.36. The van der Waals surface area contributed by atoms with Gasteiger partial charge in [0.05, 0.1) is 17.5 Å². The van der Waals surface area contributed by atoms with Gasteiger partial charge >= 0.3 is 5.97 Å². The number of nitrogens with zero attached hydrogens (tertiary/aromatic N) is 2. The molecule has 0 bridgehead atoms. The van der Waals surface area contributed by atoms with Crippen molar-refractivity contribution in [2.75, 3.05) is 13.1 Å². The van der Waals surface area contributed by atoms with Crippen molar-refractivity contribution >= 4 is 27.5 Å². The van der Waals surface area contributed by atoms with Crippen molar-refractivity contribution in [3.63, 3.8) is 0 Å². The molecule has 1 fully saturated rings. The minimum Gasteiger partial charge on any atom is -0.481 e. The van der Waals surface area contributed by atoms with Crippen LogP contribution in [0.5, 0.6) is 0 Å². The number of aromatic nitrogens is 2. The number of aliphatic carboxylic acids is 1. The Bertz CT molecular complexity index is 728. The van der Waals surface area contributed by atoms with Crippen LogP contribution in [0, 0.1) is 5.41 Å². The third-order valence-corrected chi connectivity index (χ3v) is 5.12. The summed E-state index contributed by atoms with van der Waals surface area (Å²) < 4.78 is 0.649. The number of nitrogens with one attached hydrogen (secondary N) is 1. The first-order valence-electron chi connectivity index (χ1n) is 6.90. The fourth-order valence-corrected chi connectivity index (χ4v) is 3.35. The molecule has 0 atom stereocenters. The smallest absolute Gasteiger partial charge is 0.309 e. The van der Waals surface area contributed by atoms with Gasteiger partial charge in [0.15, 0.2) is 0 Å². The average molecular weight is 307 g/mol. The van der Waals surface area contributed by atoms with E-state index in [0.29, 0.717) is 43.0 Å². The van der Waals surface area contributed by atoms with Gasteiger partial charge in [0.2, 0.25) is 0 Å². The molecule has 1 aliphatic rings. The zero-order chi connectivity index (χ0) is 15.0. The SMILES string of the molecule is CC1(C(=O)O)CCN(Cc2nc3ccsc3c(=O)[nH]2)CC1. The second kappa shape index (κ2) is 5.23. The number of carboxylic acids is 1. The van der Waals surface area contributed by atoms with Crippen molar-refractivity contribution in [1.82, 2.24) is 14.9 Å². The van der Waals surface area contributed by atoms with Crippen LogP contribution in [0.15, 0.2) is 16.2 Å². The molecule has 21 heavy (non-hydrogen) atoms. The molecule has 3 rings (SSSR count). The molecule has 0 spiro atoms. The van der Waals surface area contributed by atoms with E-state index in [1.54, 1.807) is 6.92 Å². The zero-order valence-corrected chi connectivity index (χ0v) is 12.6. The average Bonchev–Trinajstić information content (AvgIpc) is 2.90. The minimum atomic E-state index is -0.728. The van der Waals surface area contributed by atoms with E-state index in [4.69, 9.17) is 0 Å². The highest BCUT2D eigenvalue weighted by atomic mass is 32.1. The molecule has 2 aromatic rings. The maximum atomic E-state index is 11.9. The van der Waals surface area contributed by atoms with Gasteiger partial charge in [0, 0.05) is 0 Å². The van der Waals surface area contributed by atoms with Crippen LogP contribution in [-0.2, 0) is 11.3 Å². The number of rotatable bonds is 3. The highest BCUT2D eigenvalue weighted by molar-refractivity contribution is 7.17. The van der Waals surface area contributed by atoms with Crippen LogP contribution in [0.2, 0.25) is 0 Å². The van der Waals surface area contributed by atoms with Crippen molar-refractivity contribution in [1.29, 1.82) is 0 Å². The number of H-pyrrole nitrogens is 1. The molecule has 1 saturated heterocycles. The first-order valence-corrected chi connectivity index (χ1v) is 7.78. The third-order valence-electron chi connectivity index (χ3n) is 4.21. The van der Waals surface area contributed by atoms with Gasteiger partial charge in [-0.3, -0.25) is 14.5 Å². The third kappa shape index (κ3) is 2.71. The summed E-state index contributed by atoms with van der Waals surface area (Å²) in [7, 11) is 0. The predicted octanol–water partition coefficient (Wildman–Crippen LogP) is 1.67. The molecular weight excluding hydrogens is 290 g/mol. The molecule has 2 N–H and O–H groups in total. The zero-order valence-electron chi connectivity index (χ0n) is 11.8. The molecule has 112 valence electrons. The molecule has 0 unspecified atom stereocenters. The Balaban J connectivity index is 1.72. The number of aromatic amines is 1. The summed E-state index contributed by atoms with van der Waals surface area (Å²) in [4.78, 5) is 32.6. The van der Waals surface area contributed by atoms with Crippen LogP contribution < -0.4 is 5.56 Å². The number of carbonyl (C=O) groups is 1. The topological polar surface area (TPSA) is 86.3 Å². The maximum Gasteiger partial charge on any atom is 0.309 e. The molecule has 0 amide bonds. The molecule has 0 saturated carbocycles. The predicted molar refractivity (Wildman–Crippen MR) is 80.5 cm³/mol. The Labute approximate surface area is 125 Å². The normalized spacial score (nSPS) is 18.9. The summed E-state index contributed by atoms with van der Waals surface area (Å²) in [5.41, 5.74) is -0.00205. The fraction of sp³-hybridized carbons (Fsp3) is 0.500. The quantitative estimate of drug-likeness (QED) is 0.901. The summed E-state index contributed by atoms with van der Waals surface area (Å²) in [5.74, 6) is -0.0850. The van der Waals surface area contributed by atoms with Gasteiger partial charge in [-0.05, 0) is 44.3 Å². The number of piperidine rings is 1. The number of carboxylic acid groups (broad SMARTS) is 1. The molecule has 6 nitrogen and oxygen atoms in total. The van der Waals surface area contributed by atoms with Crippen LogP contribution in [0.25, 0.3) is 10.2 Å². The van der Waals surface area contributed by atoms with Crippen LogP contribution in [0.3, 0.4) is 0 Å². The van der Waals surface area contributed by atoms with Gasteiger partial charge in [-0.2, -0.15) is 0 Å². The van der Waals surface area contributed by atoms with Crippen molar-refractivity contribution in [3.8, 4) is 0 Å². The van der Waals surface area contributed by atoms with Crippen LogP contribution in [0.4, 0.5) is 0 Å². The van der Waals surface area contributed by atoms with Gasteiger partial charge < -0.3 is 10.1 Å². The Kier molecular flexibility index (Phi) is 3.54. The van der Waals surface area contributed by atoms with Crippen LogP contribution in [-0.4, -0.2) is 39.0 Å². The molecule has 0 aliphatic carbocycles. The second-order valence-electron chi connectivity index (χ2n) is 5.79. The lowest BCUT2D eigenvalue weighted by atomic mass is 9.80. The van der Waals surface area contributed by atoms with E-state index in [1.807, 2.05) is 11.4 Å². The summed E-state index contributed by atoms with van der Waals surface area (Å²) in [5, 5.41) is 11.1. The monoisotopic (exact) mass is 307 g/mol. The second-order valence-corrected chi connectivity index (χ2v) is 6.71. The molecule has 0 aromatic carbocycles. The van der Waals surface area contributed by atoms with Gasteiger partial charge in [-0.15, -0.1) is 11.3 Å². The lowest BCUT2D eigenvalue weighted by molar-refractivity contribution is -0.150. The van der Waals surface area contributed by atoms with E-state index in [0.717, 1.165) is 5.52 Å². The van der Waals surface area contributed by atoms with E-state index in [-0.39, 0.29) is 5.56 Å². The number of hydrogen-bond acceptors (Lipinski definition) is 5. The molecule has 3 heterocycles. The minimum absolute atomic E-state index is 0.0996. The Morgan fingerprint density at radius 1 is 1.52 bits per heavy atom. The van der Waals surface area contributed by atoms with Crippen LogP contribution >= 0.6 is 11.3 Å². The van der Waals surface area contributed by atoms with E-state index in [1.165, 1.54) is 11.3 Å².